The van der Waals surface area contributed by atoms with Gasteiger partial charge in [0.15, 0.2) is 0 Å². The molecule has 0 aliphatic rings. The van der Waals surface area contributed by atoms with Crippen LogP contribution in [0.3, 0.4) is 0 Å². The van der Waals surface area contributed by atoms with Crippen molar-refractivity contribution in [2.75, 3.05) is 6.54 Å². The van der Waals surface area contributed by atoms with E-state index in [2.05, 4.69) is 0 Å². The number of hydrogen-bond donors (Lipinski definition) is 6. The van der Waals surface area contributed by atoms with Crippen LogP contribution < -0.4 is 5.73 Å². The van der Waals surface area contributed by atoms with Gasteiger partial charge in [0.1, 0.15) is 0 Å². The second-order valence-corrected chi connectivity index (χ2v) is 6.76. The van der Waals surface area contributed by atoms with Crippen molar-refractivity contribution in [2.24, 2.45) is 5.73 Å². The Morgan fingerprint density at radius 1 is 1.00 bits per heavy atom. The maximum atomic E-state index is 10.7. The van der Waals surface area contributed by atoms with Crippen LogP contribution in [0.15, 0.2) is 0 Å². The van der Waals surface area contributed by atoms with Crippen LogP contribution in [0.1, 0.15) is 12.8 Å². The van der Waals surface area contributed by atoms with Crippen LogP contribution in [0.2, 0.25) is 0 Å². The molecule has 0 aliphatic carbocycles. The molecule has 0 aromatic heterocycles. The van der Waals surface area contributed by atoms with Gasteiger partial charge in [-0.2, -0.15) is 0 Å². The van der Waals surface area contributed by atoms with Gasteiger partial charge in [0.2, 0.25) is 0 Å². The van der Waals surface area contributed by atoms with Gasteiger partial charge in [-0.05, 0) is 13.0 Å². The summed E-state index contributed by atoms with van der Waals surface area (Å²) in [6.45, 7) is -0.0394. The molecule has 0 spiro atoms. The Morgan fingerprint density at radius 3 is 1.47 bits per heavy atom. The molecule has 0 unspecified atom stereocenters. The Hall–Kier alpha value is 1.14. The monoisotopic (exact) mass is 309 g/mol. The normalized spacial score (nSPS) is 11.9. The molecule has 13 heteroatoms. The maximum absolute atomic E-state index is 10.7. The summed E-state index contributed by atoms with van der Waals surface area (Å²) in [6.07, 6.45) is -0.856. The van der Waals surface area contributed by atoms with Gasteiger partial charge in [0.25, 0.3) is 5.08 Å². The summed E-state index contributed by atoms with van der Waals surface area (Å²) < 4.78 is 21.4. The number of hydrogen-bond acceptors (Lipinski definition) is 4. The van der Waals surface area contributed by atoms with Crippen molar-refractivity contribution in [2.45, 2.75) is 17.9 Å². The fourth-order valence-electron chi connectivity index (χ4n) is 0.800. The Balaban J connectivity index is -0.000000282. The van der Waals surface area contributed by atoms with Crippen molar-refractivity contribution in [3.05, 3.63) is 0 Å². The molecule has 0 aromatic carbocycles. The van der Waals surface area contributed by atoms with Gasteiger partial charge < -0.3 is 41.4 Å². The molecule has 0 amide bonds. The molecule has 0 fully saturated rings. The molecule has 0 heterocycles. The predicted molar refractivity (Wildman–Crippen MR) is 61.7 cm³/mol. The van der Waals surface area contributed by atoms with Gasteiger partial charge in [0.05, 0.1) is 0 Å². The molecule has 0 radical (unpaired) electrons. The Kier molecular flexibility index (Phi) is 14.3. The topological polar surface area (TPSA) is 224 Å². The van der Waals surface area contributed by atoms with Gasteiger partial charge in [-0.25, -0.2) is 0 Å². The third kappa shape index (κ3) is 6.74. The predicted octanol–water partition coefficient (Wildman–Crippen LogP) is -3.57. The first kappa shape index (κ1) is 26.7. The Morgan fingerprint density at radius 2 is 1.29 bits per heavy atom. The number of rotatable bonds is 5. The molecule has 0 rings (SSSR count). The summed E-state index contributed by atoms with van der Waals surface area (Å²) >= 11 is 0. The van der Waals surface area contributed by atoms with Gasteiger partial charge in [0, 0.05) is 6.42 Å². The van der Waals surface area contributed by atoms with Crippen LogP contribution in [-0.2, 0) is 9.13 Å². The summed E-state index contributed by atoms with van der Waals surface area (Å²) in [6, 6.07) is 0. The molecule has 0 saturated heterocycles. The van der Waals surface area contributed by atoms with Crippen molar-refractivity contribution in [3.8, 4) is 0 Å². The summed E-state index contributed by atoms with van der Waals surface area (Å²) in [5.74, 6) is 0. The van der Waals surface area contributed by atoms with E-state index in [0.717, 1.165) is 0 Å². The second kappa shape index (κ2) is 9.11. The van der Waals surface area contributed by atoms with Gasteiger partial charge in [-0.1, -0.05) is 0 Å². The molecule has 0 aromatic rings. The minimum atomic E-state index is -5.30. The molecule has 10 nitrogen and oxygen atoms in total. The first-order valence-electron chi connectivity index (χ1n) is 3.60. The number of aliphatic hydroxyl groups is 1. The van der Waals surface area contributed by atoms with Crippen molar-refractivity contribution >= 4 is 44.7 Å². The van der Waals surface area contributed by atoms with Gasteiger partial charge in [-0.3, -0.25) is 9.13 Å². The van der Waals surface area contributed by atoms with Crippen LogP contribution in [0.5, 0.6) is 0 Å². The van der Waals surface area contributed by atoms with Crippen molar-refractivity contribution in [1.29, 1.82) is 0 Å². The zero-order valence-corrected chi connectivity index (χ0v) is 9.93. The minimum absolute atomic E-state index is 0. The molecular formula is C4H18NNaO9P2. The van der Waals surface area contributed by atoms with Crippen LogP contribution >= 0.6 is 15.2 Å². The molecule has 17 heavy (non-hydrogen) atoms. The number of nitrogens with two attached hydrogens (primary N) is 1. The van der Waals surface area contributed by atoms with E-state index in [9.17, 15) is 14.2 Å². The second-order valence-electron chi connectivity index (χ2n) is 2.75. The van der Waals surface area contributed by atoms with Crippen molar-refractivity contribution in [3.63, 3.8) is 0 Å². The van der Waals surface area contributed by atoms with E-state index >= 15 is 0 Å². The Bertz CT molecular complexity index is 265. The fourth-order valence-corrected chi connectivity index (χ4v) is 3.06. The average molecular weight is 309 g/mol. The molecule has 11 N–H and O–H groups in total. The zero-order valence-electron chi connectivity index (χ0n) is 8.15. The summed E-state index contributed by atoms with van der Waals surface area (Å²) in [5.41, 5.74) is 5.01. The van der Waals surface area contributed by atoms with Crippen molar-refractivity contribution < 1.29 is 44.8 Å². The Labute approximate surface area is 119 Å². The van der Waals surface area contributed by atoms with Crippen LogP contribution in [0.25, 0.3) is 0 Å². The van der Waals surface area contributed by atoms with E-state index in [0.29, 0.717) is 0 Å². The molecular weight excluding hydrogens is 291 g/mol. The third-order valence-electron chi connectivity index (χ3n) is 1.65. The van der Waals surface area contributed by atoms with E-state index in [1.54, 1.807) is 0 Å². The zero-order chi connectivity index (χ0) is 11.6. The van der Waals surface area contributed by atoms with E-state index in [1.165, 1.54) is 0 Å². The van der Waals surface area contributed by atoms with Crippen LogP contribution in [-0.4, -0.2) is 76.8 Å². The summed E-state index contributed by atoms with van der Waals surface area (Å²) in [4.78, 5) is 34.5. The molecule has 0 saturated carbocycles. The van der Waals surface area contributed by atoms with E-state index < -0.39 is 26.7 Å². The van der Waals surface area contributed by atoms with E-state index in [4.69, 9.17) is 25.3 Å². The summed E-state index contributed by atoms with van der Waals surface area (Å²) in [5, 5.41) is 5.91. The van der Waals surface area contributed by atoms with Gasteiger partial charge in [-0.15, -0.1) is 0 Å². The SMILES string of the molecule is NCCCC(O)(P(=O)(O)O)P(=O)(O)O.O.O.[NaH]. The molecule has 0 atom stereocenters. The molecule has 0 aliphatic heterocycles. The average Bonchev–Trinajstić information content (AvgIpc) is 1.95. The molecule has 104 valence electrons. The fraction of sp³-hybridized carbons (Fsp3) is 1.00. The van der Waals surface area contributed by atoms with Crippen molar-refractivity contribution in [1.82, 2.24) is 0 Å². The van der Waals surface area contributed by atoms with E-state index in [-0.39, 0.29) is 53.5 Å². The van der Waals surface area contributed by atoms with E-state index in [1.807, 2.05) is 0 Å². The first-order chi connectivity index (χ1) is 6.06. The standard InChI is InChI=1S/C4H13NO7P2.Na.2H2O.H/c5-3-1-2-4(6,13(7,8)9)14(10,11)12;;;;/h6H,1-3,5H2,(H2,7,8,9)(H2,10,11,12);;2*1H2;. The van der Waals surface area contributed by atoms with Crippen LogP contribution in [0.4, 0.5) is 0 Å². The third-order valence-corrected chi connectivity index (χ3v) is 5.53. The van der Waals surface area contributed by atoms with Crippen LogP contribution in [0, 0.1) is 0 Å². The molecule has 0 bridgehead atoms. The quantitative estimate of drug-likeness (QED) is 0.219. The summed E-state index contributed by atoms with van der Waals surface area (Å²) in [7, 11) is -10.6. The first-order valence-corrected chi connectivity index (χ1v) is 6.82. The van der Waals surface area contributed by atoms with Gasteiger partial charge >= 0.3 is 44.7 Å².